The van der Waals surface area contributed by atoms with Gasteiger partial charge in [-0.15, -0.1) is 0 Å². The van der Waals surface area contributed by atoms with Crippen LogP contribution >= 0.6 is 11.6 Å². The van der Waals surface area contributed by atoms with Crippen LogP contribution in [-0.4, -0.2) is 38.1 Å². The Morgan fingerprint density at radius 2 is 2.24 bits per heavy atom. The second-order valence-electron chi connectivity index (χ2n) is 3.54. The van der Waals surface area contributed by atoms with E-state index in [1.807, 2.05) is 6.92 Å². The average molecular weight is 260 g/mol. The first-order valence-electron chi connectivity index (χ1n) is 5.50. The number of hydrogen-bond donors (Lipinski definition) is 2. The summed E-state index contributed by atoms with van der Waals surface area (Å²) in [5.74, 6) is 0.693. The zero-order valence-electron chi connectivity index (χ0n) is 10.1. The van der Waals surface area contributed by atoms with Crippen LogP contribution in [-0.2, 0) is 4.74 Å². The Kier molecular flexibility index (Phi) is 6.11. The lowest BCUT2D eigenvalue weighted by molar-refractivity contribution is 0.0495. The van der Waals surface area contributed by atoms with Crippen LogP contribution in [0.25, 0.3) is 0 Å². The lowest BCUT2D eigenvalue weighted by atomic mass is 10.2. The lowest BCUT2D eigenvalue weighted by Gasteiger charge is -2.15. The summed E-state index contributed by atoms with van der Waals surface area (Å²) >= 11 is 5.89. The molecule has 1 unspecified atom stereocenters. The molecule has 5 heteroatoms. The number of halogens is 1. The Morgan fingerprint density at radius 3 is 2.88 bits per heavy atom. The van der Waals surface area contributed by atoms with Crippen molar-refractivity contribution in [3.8, 4) is 5.75 Å². The number of rotatable bonds is 7. The van der Waals surface area contributed by atoms with E-state index in [0.717, 1.165) is 5.69 Å². The van der Waals surface area contributed by atoms with Crippen molar-refractivity contribution in [3.05, 3.63) is 23.2 Å². The summed E-state index contributed by atoms with van der Waals surface area (Å²) in [6.45, 7) is 3.18. The minimum atomic E-state index is -0.557. The molecule has 0 saturated carbocycles. The molecule has 0 bridgehead atoms. The average Bonchev–Trinajstić information content (AvgIpc) is 2.34. The Bertz CT molecular complexity index is 347. The fourth-order valence-corrected chi connectivity index (χ4v) is 1.53. The number of anilines is 1. The third kappa shape index (κ3) is 4.81. The Labute approximate surface area is 106 Å². The second kappa shape index (κ2) is 7.37. The molecular weight excluding hydrogens is 242 g/mol. The van der Waals surface area contributed by atoms with Gasteiger partial charge < -0.3 is 19.9 Å². The van der Waals surface area contributed by atoms with Crippen molar-refractivity contribution in [1.29, 1.82) is 0 Å². The minimum absolute atomic E-state index is 0.312. The maximum atomic E-state index is 9.61. The fourth-order valence-electron chi connectivity index (χ4n) is 1.36. The van der Waals surface area contributed by atoms with E-state index in [0.29, 0.717) is 30.5 Å². The molecule has 0 fully saturated rings. The first-order chi connectivity index (χ1) is 8.17. The van der Waals surface area contributed by atoms with Crippen molar-refractivity contribution in [3.63, 3.8) is 0 Å². The first kappa shape index (κ1) is 14.1. The highest BCUT2D eigenvalue weighted by molar-refractivity contribution is 6.30. The number of aliphatic hydroxyl groups is 1. The molecule has 0 aliphatic carbocycles. The molecule has 0 aliphatic heterocycles. The zero-order chi connectivity index (χ0) is 12.7. The van der Waals surface area contributed by atoms with Gasteiger partial charge >= 0.3 is 0 Å². The highest BCUT2D eigenvalue weighted by atomic mass is 35.5. The van der Waals surface area contributed by atoms with Crippen molar-refractivity contribution in [2.45, 2.75) is 13.0 Å². The van der Waals surface area contributed by atoms with Crippen LogP contribution in [0.15, 0.2) is 18.2 Å². The van der Waals surface area contributed by atoms with Gasteiger partial charge in [-0.3, -0.25) is 0 Å². The van der Waals surface area contributed by atoms with Gasteiger partial charge in [0, 0.05) is 18.2 Å². The normalized spacial score (nSPS) is 12.2. The van der Waals surface area contributed by atoms with Crippen LogP contribution in [0.4, 0.5) is 5.69 Å². The summed E-state index contributed by atoms with van der Waals surface area (Å²) in [6, 6.07) is 5.29. The number of nitrogens with one attached hydrogen (secondary N) is 1. The minimum Gasteiger partial charge on any atom is -0.495 e. The van der Waals surface area contributed by atoms with Crippen molar-refractivity contribution in [1.82, 2.24) is 0 Å². The van der Waals surface area contributed by atoms with Crippen molar-refractivity contribution < 1.29 is 14.6 Å². The molecule has 2 N–H and O–H groups in total. The van der Waals surface area contributed by atoms with E-state index in [9.17, 15) is 5.11 Å². The van der Waals surface area contributed by atoms with E-state index >= 15 is 0 Å². The molecule has 1 atom stereocenters. The largest absolute Gasteiger partial charge is 0.495 e. The van der Waals surface area contributed by atoms with Gasteiger partial charge in [0.05, 0.1) is 25.5 Å². The standard InChI is InChI=1S/C12H18ClNO3/c1-3-17-8-10(15)7-14-11-6-9(13)4-5-12(11)16-2/h4-6,10,14-15H,3,7-8H2,1-2H3. The number of benzene rings is 1. The van der Waals surface area contributed by atoms with Gasteiger partial charge in [-0.25, -0.2) is 0 Å². The van der Waals surface area contributed by atoms with Gasteiger partial charge in [-0.2, -0.15) is 0 Å². The smallest absolute Gasteiger partial charge is 0.142 e. The van der Waals surface area contributed by atoms with Gasteiger partial charge in [0.2, 0.25) is 0 Å². The van der Waals surface area contributed by atoms with Crippen molar-refractivity contribution in [2.75, 3.05) is 32.2 Å². The maximum absolute atomic E-state index is 9.61. The van der Waals surface area contributed by atoms with E-state index < -0.39 is 6.10 Å². The van der Waals surface area contributed by atoms with E-state index in [-0.39, 0.29) is 0 Å². The molecular formula is C12H18ClNO3. The second-order valence-corrected chi connectivity index (χ2v) is 3.98. The third-order valence-corrected chi connectivity index (χ3v) is 2.44. The molecule has 0 heterocycles. The zero-order valence-corrected chi connectivity index (χ0v) is 10.8. The molecule has 1 aromatic carbocycles. The molecule has 0 spiro atoms. The first-order valence-corrected chi connectivity index (χ1v) is 5.88. The van der Waals surface area contributed by atoms with Crippen LogP contribution < -0.4 is 10.1 Å². The molecule has 0 radical (unpaired) electrons. The van der Waals surface area contributed by atoms with E-state index in [1.54, 1.807) is 25.3 Å². The quantitative estimate of drug-likeness (QED) is 0.788. The molecule has 17 heavy (non-hydrogen) atoms. The van der Waals surface area contributed by atoms with E-state index in [1.165, 1.54) is 0 Å². The van der Waals surface area contributed by atoms with E-state index in [2.05, 4.69) is 5.32 Å². The maximum Gasteiger partial charge on any atom is 0.142 e. The molecule has 1 aromatic rings. The van der Waals surface area contributed by atoms with Crippen LogP contribution in [0.1, 0.15) is 6.92 Å². The summed E-state index contributed by atoms with van der Waals surface area (Å²) in [5.41, 5.74) is 0.760. The lowest BCUT2D eigenvalue weighted by Crippen LogP contribution is -2.25. The predicted octanol–water partition coefficient (Wildman–Crippen LogP) is 2.16. The number of methoxy groups -OCH3 is 1. The topological polar surface area (TPSA) is 50.7 Å². The van der Waals surface area contributed by atoms with Gasteiger partial charge in [0.15, 0.2) is 0 Å². The van der Waals surface area contributed by atoms with Gasteiger partial charge in [-0.1, -0.05) is 11.6 Å². The Hall–Kier alpha value is -0.970. The van der Waals surface area contributed by atoms with Crippen LogP contribution in [0.3, 0.4) is 0 Å². The summed E-state index contributed by atoms with van der Waals surface area (Å²) < 4.78 is 10.3. The van der Waals surface area contributed by atoms with Gasteiger partial charge in [0.1, 0.15) is 5.75 Å². The van der Waals surface area contributed by atoms with Crippen LogP contribution in [0.2, 0.25) is 5.02 Å². The SMILES string of the molecule is CCOCC(O)CNc1cc(Cl)ccc1OC. The number of aliphatic hydroxyl groups excluding tert-OH is 1. The Balaban J connectivity index is 2.52. The fraction of sp³-hybridized carbons (Fsp3) is 0.500. The van der Waals surface area contributed by atoms with Crippen LogP contribution in [0.5, 0.6) is 5.75 Å². The molecule has 0 saturated heterocycles. The molecule has 1 rings (SSSR count). The molecule has 0 aliphatic rings. The third-order valence-electron chi connectivity index (χ3n) is 2.20. The highest BCUT2D eigenvalue weighted by Gasteiger charge is 2.07. The predicted molar refractivity (Wildman–Crippen MR) is 69.0 cm³/mol. The molecule has 96 valence electrons. The summed E-state index contributed by atoms with van der Waals surface area (Å²) in [7, 11) is 1.59. The van der Waals surface area contributed by atoms with Crippen LogP contribution in [0, 0.1) is 0 Å². The number of ether oxygens (including phenoxy) is 2. The van der Waals surface area contributed by atoms with Crippen molar-refractivity contribution in [2.24, 2.45) is 0 Å². The summed E-state index contributed by atoms with van der Waals surface area (Å²) in [4.78, 5) is 0. The van der Waals surface area contributed by atoms with Gasteiger partial charge in [-0.05, 0) is 25.1 Å². The van der Waals surface area contributed by atoms with Crippen molar-refractivity contribution >= 4 is 17.3 Å². The number of hydrogen-bond acceptors (Lipinski definition) is 4. The molecule has 0 amide bonds. The summed E-state index contributed by atoms with van der Waals surface area (Å²) in [6.07, 6.45) is -0.557. The van der Waals surface area contributed by atoms with Gasteiger partial charge in [0.25, 0.3) is 0 Å². The molecule has 0 aromatic heterocycles. The molecule has 4 nitrogen and oxygen atoms in total. The van der Waals surface area contributed by atoms with E-state index in [4.69, 9.17) is 21.1 Å². The highest BCUT2D eigenvalue weighted by Crippen LogP contribution is 2.27. The summed E-state index contributed by atoms with van der Waals surface area (Å²) in [5, 5.41) is 13.3. The Morgan fingerprint density at radius 1 is 1.47 bits per heavy atom. The monoisotopic (exact) mass is 259 g/mol.